The van der Waals surface area contributed by atoms with E-state index in [0.717, 1.165) is 22.4 Å². The molecule has 2 aromatic rings. The van der Waals surface area contributed by atoms with E-state index in [0.29, 0.717) is 26.9 Å². The normalized spacial score (nSPS) is 15.8. The fourth-order valence-electron chi connectivity index (χ4n) is 3.81. The van der Waals surface area contributed by atoms with Crippen molar-refractivity contribution in [3.63, 3.8) is 0 Å². The Bertz CT molecular complexity index is 1280. The average Bonchev–Trinajstić information content (AvgIpc) is 2.79. The van der Waals surface area contributed by atoms with E-state index in [9.17, 15) is 14.9 Å². The zero-order valence-corrected chi connectivity index (χ0v) is 22.9. The van der Waals surface area contributed by atoms with E-state index in [4.69, 9.17) is 16.3 Å². The van der Waals surface area contributed by atoms with Crippen molar-refractivity contribution in [3.05, 3.63) is 86.0 Å². The van der Waals surface area contributed by atoms with Gasteiger partial charge in [-0.05, 0) is 76.4 Å². The third kappa shape index (κ3) is 6.71. The molecule has 2 N–H and O–H groups in total. The first-order valence-electron chi connectivity index (χ1n) is 11.5. The molecular weight excluding hydrogens is 494 g/mol. The number of dihydropyridines is 1. The lowest BCUT2D eigenvalue weighted by Crippen LogP contribution is -2.32. The molecule has 1 aliphatic heterocycles. The van der Waals surface area contributed by atoms with Gasteiger partial charge in [-0.2, -0.15) is 5.26 Å². The molecular formula is C28H30ClN3O3S. The number of amides is 1. The quantitative estimate of drug-likeness (QED) is 0.428. The number of hydrogen-bond donors (Lipinski definition) is 2. The number of benzene rings is 2. The standard InChI is InChI=1S/C28H30ClN3O3S/c1-16-7-8-17(2)22(13-16)32-23(33)15-36-26-21(14-30)25(19-9-11-20(29)12-10-19)24(18(3)31-26)27(34)35-28(4,5)6/h7-13,25,31H,15H2,1-6H3,(H,32,33)/t25-/m0/s1. The van der Waals surface area contributed by atoms with Gasteiger partial charge in [0.1, 0.15) is 5.60 Å². The number of esters is 1. The van der Waals surface area contributed by atoms with Crippen molar-refractivity contribution in [1.29, 1.82) is 5.26 Å². The largest absolute Gasteiger partial charge is 0.457 e. The number of halogens is 1. The van der Waals surface area contributed by atoms with Gasteiger partial charge in [-0.1, -0.05) is 47.6 Å². The first-order chi connectivity index (χ1) is 16.9. The second-order valence-corrected chi connectivity index (χ2v) is 11.1. The van der Waals surface area contributed by atoms with E-state index in [-0.39, 0.29) is 11.7 Å². The number of rotatable bonds is 6. The molecule has 1 aliphatic rings. The van der Waals surface area contributed by atoms with Gasteiger partial charge in [0.05, 0.1) is 33.9 Å². The molecule has 1 atom stereocenters. The molecule has 0 fully saturated rings. The Hall–Kier alpha value is -3.21. The van der Waals surface area contributed by atoms with Crippen molar-refractivity contribution in [2.45, 2.75) is 53.1 Å². The number of nitrogens with one attached hydrogen (secondary N) is 2. The summed E-state index contributed by atoms with van der Waals surface area (Å²) in [6, 6.07) is 15.2. The number of allylic oxidation sites excluding steroid dienone is 2. The minimum Gasteiger partial charge on any atom is -0.457 e. The highest BCUT2D eigenvalue weighted by Crippen LogP contribution is 2.41. The van der Waals surface area contributed by atoms with Gasteiger partial charge in [0, 0.05) is 16.4 Å². The fourth-order valence-corrected chi connectivity index (χ4v) is 4.83. The molecule has 0 aromatic heterocycles. The predicted octanol–water partition coefficient (Wildman–Crippen LogP) is 6.37. The van der Waals surface area contributed by atoms with Gasteiger partial charge in [-0.3, -0.25) is 4.79 Å². The molecule has 6 nitrogen and oxygen atoms in total. The van der Waals surface area contributed by atoms with E-state index in [2.05, 4.69) is 16.7 Å². The van der Waals surface area contributed by atoms with Gasteiger partial charge >= 0.3 is 5.97 Å². The molecule has 1 amide bonds. The maximum absolute atomic E-state index is 13.2. The summed E-state index contributed by atoms with van der Waals surface area (Å²) in [7, 11) is 0. The number of aryl methyl sites for hydroxylation is 2. The molecule has 3 rings (SSSR count). The van der Waals surface area contributed by atoms with Crippen LogP contribution in [0.3, 0.4) is 0 Å². The van der Waals surface area contributed by atoms with Crippen molar-refractivity contribution in [3.8, 4) is 6.07 Å². The molecule has 36 heavy (non-hydrogen) atoms. The molecule has 0 unspecified atom stereocenters. The lowest BCUT2D eigenvalue weighted by molar-refractivity contribution is -0.150. The highest BCUT2D eigenvalue weighted by molar-refractivity contribution is 8.03. The highest BCUT2D eigenvalue weighted by Gasteiger charge is 2.37. The minimum absolute atomic E-state index is 0.0866. The number of ether oxygens (including phenoxy) is 1. The van der Waals surface area contributed by atoms with E-state index < -0.39 is 17.5 Å². The maximum atomic E-state index is 13.2. The zero-order valence-electron chi connectivity index (χ0n) is 21.3. The van der Waals surface area contributed by atoms with Crippen molar-refractivity contribution >= 4 is 40.9 Å². The third-order valence-corrected chi connectivity index (χ3v) is 6.75. The molecule has 0 radical (unpaired) electrons. The summed E-state index contributed by atoms with van der Waals surface area (Å²) in [5.41, 5.74) is 4.07. The lowest BCUT2D eigenvalue weighted by Gasteiger charge is -2.31. The first-order valence-corrected chi connectivity index (χ1v) is 12.9. The van der Waals surface area contributed by atoms with Crippen LogP contribution in [0.15, 0.2) is 64.3 Å². The number of hydrogen-bond acceptors (Lipinski definition) is 6. The molecule has 0 bridgehead atoms. The number of nitriles is 1. The number of thioether (sulfide) groups is 1. The molecule has 1 heterocycles. The van der Waals surface area contributed by atoms with Crippen LogP contribution in [-0.2, 0) is 14.3 Å². The van der Waals surface area contributed by atoms with Crippen LogP contribution in [0.5, 0.6) is 0 Å². The molecule has 2 aromatic carbocycles. The van der Waals surface area contributed by atoms with Crippen LogP contribution in [0.25, 0.3) is 0 Å². The van der Waals surface area contributed by atoms with Gasteiger partial charge in [0.15, 0.2) is 0 Å². The summed E-state index contributed by atoms with van der Waals surface area (Å²) in [5.74, 6) is -1.27. The highest BCUT2D eigenvalue weighted by atomic mass is 35.5. The van der Waals surface area contributed by atoms with Crippen LogP contribution in [0.2, 0.25) is 5.02 Å². The van der Waals surface area contributed by atoms with Crippen LogP contribution < -0.4 is 10.6 Å². The summed E-state index contributed by atoms with van der Waals surface area (Å²) in [6.07, 6.45) is 0. The van der Waals surface area contributed by atoms with Crippen molar-refractivity contribution in [1.82, 2.24) is 5.32 Å². The van der Waals surface area contributed by atoms with Crippen LogP contribution in [-0.4, -0.2) is 23.2 Å². The molecule has 8 heteroatoms. The SMILES string of the molecule is CC1=C(C(=O)OC(C)(C)C)[C@@H](c2ccc(Cl)cc2)C(C#N)=C(SCC(=O)Nc2cc(C)ccc2C)N1. The maximum Gasteiger partial charge on any atom is 0.337 e. The molecule has 0 saturated carbocycles. The summed E-state index contributed by atoms with van der Waals surface area (Å²) in [5, 5.41) is 17.4. The van der Waals surface area contributed by atoms with Gasteiger partial charge < -0.3 is 15.4 Å². The second-order valence-electron chi connectivity index (χ2n) is 9.66. The molecule has 0 aliphatic carbocycles. The smallest absolute Gasteiger partial charge is 0.337 e. The summed E-state index contributed by atoms with van der Waals surface area (Å²) >= 11 is 7.32. The number of nitrogens with zero attached hydrogens (tertiary/aromatic N) is 1. The fraction of sp³-hybridized carbons (Fsp3) is 0.321. The van der Waals surface area contributed by atoms with E-state index in [1.54, 1.807) is 52.0 Å². The molecule has 0 spiro atoms. The Morgan fingerprint density at radius 3 is 2.42 bits per heavy atom. The Morgan fingerprint density at radius 1 is 1.14 bits per heavy atom. The molecule has 0 saturated heterocycles. The topological polar surface area (TPSA) is 91.2 Å². The van der Waals surface area contributed by atoms with Crippen LogP contribution in [0, 0.1) is 25.2 Å². The minimum atomic E-state index is -0.702. The second kappa shape index (κ2) is 11.2. The van der Waals surface area contributed by atoms with Gasteiger partial charge in [-0.15, -0.1) is 0 Å². The third-order valence-electron chi connectivity index (χ3n) is 5.48. The molecule has 188 valence electrons. The zero-order chi connectivity index (χ0) is 26.6. The van der Waals surface area contributed by atoms with Gasteiger partial charge in [0.25, 0.3) is 0 Å². The van der Waals surface area contributed by atoms with E-state index in [1.807, 2.05) is 32.0 Å². The number of carbonyl (C=O) groups excluding carboxylic acids is 2. The monoisotopic (exact) mass is 523 g/mol. The van der Waals surface area contributed by atoms with Crippen molar-refractivity contribution < 1.29 is 14.3 Å². The Kier molecular flexibility index (Phi) is 8.55. The summed E-state index contributed by atoms with van der Waals surface area (Å²) in [4.78, 5) is 26.0. The van der Waals surface area contributed by atoms with Crippen LogP contribution in [0.1, 0.15) is 50.3 Å². The van der Waals surface area contributed by atoms with Gasteiger partial charge in [0.2, 0.25) is 5.91 Å². The van der Waals surface area contributed by atoms with Gasteiger partial charge in [-0.25, -0.2) is 4.79 Å². The number of carbonyl (C=O) groups is 2. The van der Waals surface area contributed by atoms with Crippen LogP contribution >= 0.6 is 23.4 Å². The van der Waals surface area contributed by atoms with E-state index in [1.165, 1.54) is 11.8 Å². The van der Waals surface area contributed by atoms with Crippen molar-refractivity contribution in [2.75, 3.05) is 11.1 Å². The van der Waals surface area contributed by atoms with Crippen molar-refractivity contribution in [2.24, 2.45) is 0 Å². The average molecular weight is 524 g/mol. The predicted molar refractivity (Wildman–Crippen MR) is 146 cm³/mol. The lowest BCUT2D eigenvalue weighted by atomic mass is 9.82. The summed E-state index contributed by atoms with van der Waals surface area (Å²) in [6.45, 7) is 11.1. The Morgan fingerprint density at radius 2 is 1.81 bits per heavy atom. The van der Waals surface area contributed by atoms with E-state index >= 15 is 0 Å². The summed E-state index contributed by atoms with van der Waals surface area (Å²) < 4.78 is 5.67. The Balaban J connectivity index is 1.92. The Labute approximate surface area is 221 Å². The number of anilines is 1. The van der Waals surface area contributed by atoms with Crippen LogP contribution in [0.4, 0.5) is 5.69 Å². The first kappa shape index (κ1) is 27.4.